The first-order chi connectivity index (χ1) is 11.1. The normalized spacial score (nSPS) is 11.8. The molecule has 0 aromatic heterocycles. The summed E-state index contributed by atoms with van der Waals surface area (Å²) in [5.41, 5.74) is 1.03. The second kappa shape index (κ2) is 14.3. The molecule has 0 unspecified atom stereocenters. The average molecular weight is 326 g/mol. The minimum absolute atomic E-state index is 0.345. The van der Waals surface area contributed by atoms with Crippen LogP contribution in [0.2, 0.25) is 0 Å². The summed E-state index contributed by atoms with van der Waals surface area (Å²) in [5.74, 6) is -0.693. The number of unbranched alkanes of at least 4 members (excludes halogenated alkanes) is 3. The maximum Gasteiger partial charge on any atom is 0.334 e. The molecule has 0 bridgehead atoms. The van der Waals surface area contributed by atoms with E-state index in [2.05, 4.69) is 20.8 Å². The van der Waals surface area contributed by atoms with Crippen molar-refractivity contribution in [1.29, 1.82) is 0 Å². The van der Waals surface area contributed by atoms with Crippen LogP contribution in [0.1, 0.15) is 85.5 Å². The van der Waals surface area contributed by atoms with Crippen LogP contribution in [0.4, 0.5) is 0 Å². The minimum atomic E-state index is -0.348. The lowest BCUT2D eigenvalue weighted by Gasteiger charge is -2.14. The molecule has 0 aromatic carbocycles. The molecule has 134 valence electrons. The Bertz CT molecular complexity index is 372. The predicted molar refractivity (Wildman–Crippen MR) is 93.2 cm³/mol. The maximum absolute atomic E-state index is 12.4. The average Bonchev–Trinajstić information content (AvgIpc) is 2.54. The summed E-state index contributed by atoms with van der Waals surface area (Å²) in [5, 5.41) is 0. The molecule has 23 heavy (non-hydrogen) atoms. The monoisotopic (exact) mass is 326 g/mol. The van der Waals surface area contributed by atoms with Crippen molar-refractivity contribution in [2.24, 2.45) is 0 Å². The molecule has 0 N–H and O–H groups in total. The molecule has 0 spiro atoms. The summed E-state index contributed by atoms with van der Waals surface area (Å²) < 4.78 is 10.7. The Balaban J connectivity index is 5.16. The van der Waals surface area contributed by atoms with Crippen LogP contribution in [0.15, 0.2) is 11.1 Å². The number of esters is 2. The second-order valence-electron chi connectivity index (χ2n) is 5.79. The van der Waals surface area contributed by atoms with Crippen molar-refractivity contribution in [2.75, 3.05) is 13.2 Å². The maximum atomic E-state index is 12.4. The topological polar surface area (TPSA) is 52.6 Å². The highest BCUT2D eigenvalue weighted by Gasteiger charge is 2.22. The van der Waals surface area contributed by atoms with Crippen molar-refractivity contribution in [3.05, 3.63) is 11.1 Å². The fraction of sp³-hybridized carbons (Fsp3) is 0.789. The second-order valence-corrected chi connectivity index (χ2v) is 5.79. The van der Waals surface area contributed by atoms with E-state index in [0.717, 1.165) is 44.9 Å². The first-order valence-corrected chi connectivity index (χ1v) is 9.18. The third-order valence-electron chi connectivity index (χ3n) is 3.60. The molecular weight excluding hydrogens is 292 g/mol. The van der Waals surface area contributed by atoms with Gasteiger partial charge >= 0.3 is 11.9 Å². The molecule has 0 aliphatic carbocycles. The van der Waals surface area contributed by atoms with Crippen molar-refractivity contribution in [2.45, 2.75) is 85.5 Å². The Hall–Kier alpha value is -1.32. The molecule has 0 saturated heterocycles. The number of carbonyl (C=O) groups is 2. The van der Waals surface area contributed by atoms with Gasteiger partial charge in [0.1, 0.15) is 0 Å². The van der Waals surface area contributed by atoms with Crippen LogP contribution < -0.4 is 0 Å². The van der Waals surface area contributed by atoms with E-state index in [1.807, 2.05) is 6.92 Å². The van der Waals surface area contributed by atoms with Crippen LogP contribution in [0.3, 0.4) is 0 Å². The van der Waals surface area contributed by atoms with Gasteiger partial charge in [-0.3, -0.25) is 0 Å². The zero-order valence-electron chi connectivity index (χ0n) is 15.4. The zero-order valence-corrected chi connectivity index (χ0v) is 15.4. The summed E-state index contributed by atoms with van der Waals surface area (Å²) >= 11 is 0. The highest BCUT2D eigenvalue weighted by Crippen LogP contribution is 2.20. The van der Waals surface area contributed by atoms with E-state index in [1.54, 1.807) is 0 Å². The number of ether oxygens (including phenoxy) is 2. The summed E-state index contributed by atoms with van der Waals surface area (Å²) in [4.78, 5) is 24.7. The van der Waals surface area contributed by atoms with Gasteiger partial charge in [0, 0.05) is 11.1 Å². The van der Waals surface area contributed by atoms with Gasteiger partial charge in [-0.1, -0.05) is 53.4 Å². The van der Waals surface area contributed by atoms with Crippen molar-refractivity contribution in [3.63, 3.8) is 0 Å². The fourth-order valence-electron chi connectivity index (χ4n) is 2.15. The van der Waals surface area contributed by atoms with Gasteiger partial charge in [-0.05, 0) is 32.1 Å². The van der Waals surface area contributed by atoms with E-state index in [4.69, 9.17) is 9.47 Å². The molecule has 4 nitrogen and oxygen atoms in total. The number of hydrogen-bond acceptors (Lipinski definition) is 4. The van der Waals surface area contributed by atoms with Crippen LogP contribution in [-0.4, -0.2) is 25.2 Å². The van der Waals surface area contributed by atoms with Gasteiger partial charge < -0.3 is 9.47 Å². The molecule has 0 fully saturated rings. The summed E-state index contributed by atoms with van der Waals surface area (Å²) in [6, 6.07) is 0. The largest absolute Gasteiger partial charge is 0.462 e. The summed E-state index contributed by atoms with van der Waals surface area (Å²) in [7, 11) is 0. The lowest BCUT2D eigenvalue weighted by atomic mass is 9.99. The number of carbonyl (C=O) groups excluding carboxylic acids is 2. The summed E-state index contributed by atoms with van der Waals surface area (Å²) in [6.45, 7) is 8.99. The number of hydrogen-bond donors (Lipinski definition) is 0. The molecule has 0 radical (unpaired) electrons. The molecule has 0 amide bonds. The molecule has 0 atom stereocenters. The lowest BCUT2D eigenvalue weighted by Crippen LogP contribution is -2.18. The Morgan fingerprint density at radius 2 is 1.04 bits per heavy atom. The van der Waals surface area contributed by atoms with E-state index < -0.39 is 0 Å². The minimum Gasteiger partial charge on any atom is -0.462 e. The van der Waals surface area contributed by atoms with E-state index in [0.29, 0.717) is 37.2 Å². The van der Waals surface area contributed by atoms with Crippen LogP contribution in [0.25, 0.3) is 0 Å². The van der Waals surface area contributed by atoms with Crippen LogP contribution in [0.5, 0.6) is 0 Å². The van der Waals surface area contributed by atoms with Gasteiger partial charge in [0.2, 0.25) is 0 Å². The summed E-state index contributed by atoms with van der Waals surface area (Å²) in [6.07, 6.45) is 7.42. The Morgan fingerprint density at radius 1 is 0.609 bits per heavy atom. The predicted octanol–water partition coefficient (Wildman–Crippen LogP) is 4.96. The van der Waals surface area contributed by atoms with E-state index in [-0.39, 0.29) is 11.9 Å². The Labute approximate surface area is 141 Å². The van der Waals surface area contributed by atoms with Crippen molar-refractivity contribution in [3.8, 4) is 0 Å². The van der Waals surface area contributed by atoms with Gasteiger partial charge in [0.25, 0.3) is 0 Å². The van der Waals surface area contributed by atoms with Gasteiger partial charge in [0.15, 0.2) is 0 Å². The smallest absolute Gasteiger partial charge is 0.334 e. The molecule has 4 heteroatoms. The number of rotatable bonds is 13. The first-order valence-electron chi connectivity index (χ1n) is 9.18. The van der Waals surface area contributed by atoms with Gasteiger partial charge in [-0.25, -0.2) is 9.59 Å². The van der Waals surface area contributed by atoms with Gasteiger partial charge in [-0.15, -0.1) is 0 Å². The first kappa shape index (κ1) is 21.7. The van der Waals surface area contributed by atoms with Gasteiger partial charge in [0.05, 0.1) is 13.2 Å². The van der Waals surface area contributed by atoms with E-state index in [1.165, 1.54) is 0 Å². The molecule has 0 heterocycles. The standard InChI is InChI=1S/C19H34O4/c1-5-9-13-17(19(21)23-15-11-7-3)16(12-8-4)18(20)22-14-10-6-2/h5-15H2,1-4H3. The van der Waals surface area contributed by atoms with Crippen LogP contribution in [0, 0.1) is 0 Å². The molecule has 0 aliphatic heterocycles. The van der Waals surface area contributed by atoms with Crippen molar-refractivity contribution >= 4 is 11.9 Å². The third kappa shape index (κ3) is 9.42. The molecular formula is C19H34O4. The molecule has 0 aliphatic rings. The van der Waals surface area contributed by atoms with Crippen LogP contribution >= 0.6 is 0 Å². The van der Waals surface area contributed by atoms with Crippen molar-refractivity contribution in [1.82, 2.24) is 0 Å². The molecule has 0 rings (SSSR count). The Morgan fingerprint density at radius 3 is 1.43 bits per heavy atom. The lowest BCUT2D eigenvalue weighted by molar-refractivity contribution is -0.142. The fourth-order valence-corrected chi connectivity index (χ4v) is 2.15. The van der Waals surface area contributed by atoms with Crippen molar-refractivity contribution < 1.29 is 19.1 Å². The molecule has 0 saturated carbocycles. The quantitative estimate of drug-likeness (QED) is 0.273. The van der Waals surface area contributed by atoms with E-state index >= 15 is 0 Å². The SMILES string of the molecule is CCCCOC(=O)C(CCC)=C(CCCC)C(=O)OCCCC. The highest BCUT2D eigenvalue weighted by molar-refractivity contribution is 6.00. The molecule has 0 aromatic rings. The Kier molecular flexibility index (Phi) is 13.5. The van der Waals surface area contributed by atoms with Crippen LogP contribution in [-0.2, 0) is 19.1 Å². The highest BCUT2D eigenvalue weighted by atomic mass is 16.5. The zero-order chi connectivity index (χ0) is 17.5. The van der Waals surface area contributed by atoms with E-state index in [9.17, 15) is 9.59 Å². The van der Waals surface area contributed by atoms with Gasteiger partial charge in [-0.2, -0.15) is 0 Å². The third-order valence-corrected chi connectivity index (χ3v) is 3.60.